The molecule has 7 heteroatoms. The maximum absolute atomic E-state index is 13.6. The van der Waals surface area contributed by atoms with E-state index >= 15 is 0 Å². The van der Waals surface area contributed by atoms with Crippen molar-refractivity contribution in [3.05, 3.63) is 24.4 Å². The van der Waals surface area contributed by atoms with Crippen LogP contribution >= 0.6 is 0 Å². The van der Waals surface area contributed by atoms with E-state index in [2.05, 4.69) is 15.2 Å². The van der Waals surface area contributed by atoms with E-state index in [4.69, 9.17) is 0 Å². The van der Waals surface area contributed by atoms with Crippen LogP contribution in [-0.4, -0.2) is 78.0 Å². The van der Waals surface area contributed by atoms with Gasteiger partial charge < -0.3 is 20.0 Å². The Labute approximate surface area is 166 Å². The molecule has 1 aromatic heterocycles. The first-order chi connectivity index (χ1) is 13.7. The number of piperazine rings is 1. The quantitative estimate of drug-likeness (QED) is 0.815. The number of carbonyl (C=O) groups is 2. The van der Waals surface area contributed by atoms with Gasteiger partial charge in [0.25, 0.3) is 0 Å². The molecule has 7 nitrogen and oxygen atoms in total. The molecule has 4 fully saturated rings. The molecule has 0 spiro atoms. The Balaban J connectivity index is 1.32. The molecule has 1 aromatic rings. The number of hydrogen-bond donors (Lipinski definition) is 1. The zero-order valence-electron chi connectivity index (χ0n) is 16.3. The van der Waals surface area contributed by atoms with Crippen LogP contribution in [0.4, 0.5) is 5.82 Å². The largest absolute Gasteiger partial charge is 0.353 e. The van der Waals surface area contributed by atoms with Crippen molar-refractivity contribution in [1.82, 2.24) is 20.1 Å². The first-order valence-electron chi connectivity index (χ1n) is 10.7. The summed E-state index contributed by atoms with van der Waals surface area (Å²) in [7, 11) is 0. The second-order valence-corrected chi connectivity index (χ2v) is 8.62. The Morgan fingerprint density at radius 2 is 1.93 bits per heavy atom. The molecule has 2 amide bonds. The highest BCUT2D eigenvalue weighted by atomic mass is 16.2. The van der Waals surface area contributed by atoms with Crippen molar-refractivity contribution in [3.63, 3.8) is 0 Å². The highest BCUT2D eigenvalue weighted by molar-refractivity contribution is 5.89. The van der Waals surface area contributed by atoms with Gasteiger partial charge in [0.2, 0.25) is 11.8 Å². The minimum absolute atomic E-state index is 0.160. The van der Waals surface area contributed by atoms with E-state index in [-0.39, 0.29) is 29.8 Å². The minimum atomic E-state index is -0.275. The van der Waals surface area contributed by atoms with Crippen LogP contribution in [0.5, 0.6) is 0 Å². The molecule has 0 radical (unpaired) electrons. The van der Waals surface area contributed by atoms with Gasteiger partial charge in [0.15, 0.2) is 0 Å². The summed E-state index contributed by atoms with van der Waals surface area (Å²) in [6.07, 6.45) is 5.49. The monoisotopic (exact) mass is 383 g/mol. The Morgan fingerprint density at radius 3 is 2.71 bits per heavy atom. The van der Waals surface area contributed by atoms with Crippen LogP contribution in [0.25, 0.3) is 0 Å². The third-order valence-electron chi connectivity index (χ3n) is 7.06. The zero-order valence-corrected chi connectivity index (χ0v) is 16.3. The van der Waals surface area contributed by atoms with Gasteiger partial charge in [-0.1, -0.05) is 6.07 Å². The first kappa shape index (κ1) is 17.9. The molecular weight excluding hydrogens is 354 g/mol. The maximum atomic E-state index is 13.6. The van der Waals surface area contributed by atoms with Crippen molar-refractivity contribution >= 4 is 17.6 Å². The summed E-state index contributed by atoms with van der Waals surface area (Å²) in [6.45, 7) is 4.80. The number of piperidine rings is 3. The first-order valence-corrected chi connectivity index (χ1v) is 10.7. The fourth-order valence-electron chi connectivity index (χ4n) is 5.71. The Morgan fingerprint density at radius 1 is 1.11 bits per heavy atom. The van der Waals surface area contributed by atoms with E-state index in [9.17, 15) is 9.59 Å². The summed E-state index contributed by atoms with van der Waals surface area (Å²) in [6, 6.07) is 5.90. The number of carbonyl (C=O) groups excluding carboxylic acids is 2. The normalized spacial score (nSPS) is 32.9. The van der Waals surface area contributed by atoms with Crippen LogP contribution in [0.1, 0.15) is 25.7 Å². The van der Waals surface area contributed by atoms with Crippen molar-refractivity contribution < 1.29 is 9.59 Å². The van der Waals surface area contributed by atoms with Crippen LogP contribution in [0.2, 0.25) is 0 Å². The average molecular weight is 383 g/mol. The standard InChI is InChI=1S/C21H29N5O2/c27-19-6-3-4-17-15-12-16(14-22-13-15)20(26(17)19)21(28)25-10-8-24(9-11-25)18-5-1-2-7-23-18/h1-2,5,7,15-17,20,22H,3-4,6,8-14H2/t15-,16+,17+,20-/m1/s1. The summed E-state index contributed by atoms with van der Waals surface area (Å²) in [4.78, 5) is 37.0. The van der Waals surface area contributed by atoms with Gasteiger partial charge in [0.05, 0.1) is 0 Å². The molecule has 4 atom stereocenters. The minimum Gasteiger partial charge on any atom is -0.353 e. The lowest BCUT2D eigenvalue weighted by molar-refractivity contribution is -0.162. The lowest BCUT2D eigenvalue weighted by Gasteiger charge is -2.54. The van der Waals surface area contributed by atoms with Crippen LogP contribution in [-0.2, 0) is 9.59 Å². The molecule has 1 N–H and O–H groups in total. The van der Waals surface area contributed by atoms with Gasteiger partial charge in [-0.05, 0) is 43.9 Å². The molecule has 0 unspecified atom stereocenters. The third-order valence-corrected chi connectivity index (χ3v) is 7.06. The fourth-order valence-corrected chi connectivity index (χ4v) is 5.71. The molecule has 5 heterocycles. The average Bonchev–Trinajstić information content (AvgIpc) is 2.75. The van der Waals surface area contributed by atoms with Crippen LogP contribution in [0.15, 0.2) is 24.4 Å². The molecule has 5 rings (SSSR count). The summed E-state index contributed by atoms with van der Waals surface area (Å²) in [5.41, 5.74) is 0. The second-order valence-electron chi connectivity index (χ2n) is 8.62. The van der Waals surface area contributed by atoms with E-state index in [1.165, 1.54) is 0 Å². The van der Waals surface area contributed by atoms with Crippen molar-refractivity contribution in [2.24, 2.45) is 11.8 Å². The lowest BCUT2D eigenvalue weighted by atomic mass is 9.72. The number of amides is 2. The van der Waals surface area contributed by atoms with Crippen LogP contribution in [0.3, 0.4) is 0 Å². The Hall–Kier alpha value is -2.15. The number of pyridine rings is 1. The molecule has 0 saturated carbocycles. The summed E-state index contributed by atoms with van der Waals surface area (Å²) in [5, 5.41) is 3.53. The number of aromatic nitrogens is 1. The molecule has 2 bridgehead atoms. The molecule has 150 valence electrons. The number of hydrogen-bond acceptors (Lipinski definition) is 5. The molecule has 4 saturated heterocycles. The summed E-state index contributed by atoms with van der Waals surface area (Å²) in [5.74, 6) is 2.08. The summed E-state index contributed by atoms with van der Waals surface area (Å²) < 4.78 is 0. The zero-order chi connectivity index (χ0) is 19.1. The molecule has 0 aromatic carbocycles. The summed E-state index contributed by atoms with van der Waals surface area (Å²) >= 11 is 0. The van der Waals surface area contributed by atoms with Gasteiger partial charge in [0, 0.05) is 57.3 Å². The molecule has 0 aliphatic carbocycles. The van der Waals surface area contributed by atoms with Gasteiger partial charge in [-0.2, -0.15) is 0 Å². The van der Waals surface area contributed by atoms with Crippen molar-refractivity contribution in [2.45, 2.75) is 37.8 Å². The molecule has 4 aliphatic heterocycles. The van der Waals surface area contributed by atoms with E-state index in [1.807, 2.05) is 34.2 Å². The third kappa shape index (κ3) is 3.05. The highest BCUT2D eigenvalue weighted by Crippen LogP contribution is 2.40. The van der Waals surface area contributed by atoms with Crippen LogP contribution in [0, 0.1) is 11.8 Å². The predicted molar refractivity (Wildman–Crippen MR) is 106 cm³/mol. The van der Waals surface area contributed by atoms with E-state index in [0.29, 0.717) is 25.4 Å². The van der Waals surface area contributed by atoms with E-state index < -0.39 is 0 Å². The second kappa shape index (κ2) is 7.35. The fraction of sp³-hybridized carbons (Fsp3) is 0.667. The molecule has 4 aliphatic rings. The van der Waals surface area contributed by atoms with Gasteiger partial charge in [-0.25, -0.2) is 4.98 Å². The van der Waals surface area contributed by atoms with Gasteiger partial charge >= 0.3 is 0 Å². The maximum Gasteiger partial charge on any atom is 0.245 e. The van der Waals surface area contributed by atoms with Gasteiger partial charge in [-0.3, -0.25) is 9.59 Å². The number of nitrogens with zero attached hydrogens (tertiary/aromatic N) is 4. The SMILES string of the molecule is O=C([C@H]1[C@@H]2CNC[C@@H](C2)[C@@H]2CCCC(=O)N21)N1CCN(c2ccccn2)CC1. The molecular formula is C21H29N5O2. The number of fused-ring (bicyclic) bond motifs is 4. The predicted octanol–water partition coefficient (Wildman–Crippen LogP) is 0.719. The van der Waals surface area contributed by atoms with E-state index in [1.54, 1.807) is 0 Å². The Bertz CT molecular complexity index is 734. The van der Waals surface area contributed by atoms with E-state index in [0.717, 1.165) is 51.3 Å². The van der Waals surface area contributed by atoms with Gasteiger partial charge in [-0.15, -0.1) is 0 Å². The van der Waals surface area contributed by atoms with Gasteiger partial charge in [0.1, 0.15) is 11.9 Å². The van der Waals surface area contributed by atoms with Crippen molar-refractivity contribution in [3.8, 4) is 0 Å². The highest BCUT2D eigenvalue weighted by Gasteiger charge is 2.51. The van der Waals surface area contributed by atoms with Crippen molar-refractivity contribution in [1.29, 1.82) is 0 Å². The molecule has 28 heavy (non-hydrogen) atoms. The smallest absolute Gasteiger partial charge is 0.245 e. The van der Waals surface area contributed by atoms with Crippen LogP contribution < -0.4 is 10.2 Å². The topological polar surface area (TPSA) is 68.8 Å². The number of rotatable bonds is 2. The number of nitrogens with one attached hydrogen (secondary N) is 1. The number of anilines is 1. The Kier molecular flexibility index (Phi) is 4.70. The van der Waals surface area contributed by atoms with Crippen molar-refractivity contribution in [2.75, 3.05) is 44.2 Å². The lowest BCUT2D eigenvalue weighted by Crippen LogP contribution is -2.69.